The molecule has 1 aliphatic rings. The fourth-order valence-electron chi connectivity index (χ4n) is 3.37. The van der Waals surface area contributed by atoms with Crippen LogP contribution in [-0.2, 0) is 9.59 Å². The summed E-state index contributed by atoms with van der Waals surface area (Å²) < 4.78 is 11.0. The number of ether oxygens (including phenoxy) is 2. The van der Waals surface area contributed by atoms with Crippen LogP contribution in [0.4, 0.5) is 5.69 Å². The van der Waals surface area contributed by atoms with Crippen LogP contribution in [0.1, 0.15) is 26.2 Å². The number of anilines is 1. The highest BCUT2D eigenvalue weighted by molar-refractivity contribution is 5.92. The van der Waals surface area contributed by atoms with E-state index in [4.69, 9.17) is 9.47 Å². The van der Waals surface area contributed by atoms with Crippen LogP contribution in [0.25, 0.3) is 0 Å². The smallest absolute Gasteiger partial charge is 0.227 e. The Hall–Kier alpha value is -3.02. The van der Waals surface area contributed by atoms with Crippen LogP contribution in [-0.4, -0.2) is 43.0 Å². The van der Waals surface area contributed by atoms with E-state index < -0.39 is 0 Å². The van der Waals surface area contributed by atoms with Crippen molar-refractivity contribution in [2.75, 3.05) is 31.6 Å². The van der Waals surface area contributed by atoms with Crippen molar-refractivity contribution >= 4 is 17.5 Å². The molecule has 0 unspecified atom stereocenters. The predicted octanol–water partition coefficient (Wildman–Crippen LogP) is 3.73. The van der Waals surface area contributed by atoms with Gasteiger partial charge in [-0.2, -0.15) is 0 Å². The number of likely N-dealkylation sites (tertiary alicyclic amines) is 1. The number of nitrogens with zero attached hydrogens (tertiary/aromatic N) is 1. The molecule has 0 radical (unpaired) electrons. The molecule has 0 aromatic heterocycles. The average molecular weight is 396 g/mol. The maximum atomic E-state index is 12.5. The Kier molecular flexibility index (Phi) is 7.50. The second kappa shape index (κ2) is 10.5. The molecular weight excluding hydrogens is 368 g/mol. The lowest BCUT2D eigenvalue weighted by molar-refractivity contribution is -0.135. The Balaban J connectivity index is 1.38. The van der Waals surface area contributed by atoms with E-state index in [1.807, 2.05) is 66.4 Å². The van der Waals surface area contributed by atoms with Crippen LogP contribution in [0.5, 0.6) is 11.5 Å². The SMILES string of the molecule is CCOc1ccc(NC(=O)C2CCN(C(=O)CCOc3ccccc3)CC2)cc1. The van der Waals surface area contributed by atoms with Gasteiger partial charge in [0.05, 0.1) is 19.6 Å². The van der Waals surface area contributed by atoms with Crippen molar-refractivity contribution in [3.05, 3.63) is 54.6 Å². The third kappa shape index (κ3) is 6.24. The highest BCUT2D eigenvalue weighted by atomic mass is 16.5. The van der Waals surface area contributed by atoms with Crippen LogP contribution >= 0.6 is 0 Å². The number of amides is 2. The summed E-state index contributed by atoms with van der Waals surface area (Å²) in [5.41, 5.74) is 0.759. The summed E-state index contributed by atoms with van der Waals surface area (Å²) in [4.78, 5) is 26.7. The molecule has 0 atom stereocenters. The third-order valence-electron chi connectivity index (χ3n) is 4.98. The molecule has 29 heavy (non-hydrogen) atoms. The molecule has 2 aromatic carbocycles. The van der Waals surface area contributed by atoms with Gasteiger partial charge in [-0.3, -0.25) is 9.59 Å². The zero-order valence-corrected chi connectivity index (χ0v) is 16.8. The number of carbonyl (C=O) groups is 2. The molecule has 0 aliphatic carbocycles. The summed E-state index contributed by atoms with van der Waals surface area (Å²) in [7, 11) is 0. The molecule has 1 saturated heterocycles. The molecule has 1 N–H and O–H groups in total. The molecule has 1 heterocycles. The monoisotopic (exact) mass is 396 g/mol. The highest BCUT2D eigenvalue weighted by Gasteiger charge is 2.27. The number of para-hydroxylation sites is 1. The quantitative estimate of drug-likeness (QED) is 0.738. The summed E-state index contributed by atoms with van der Waals surface area (Å²) in [6, 6.07) is 16.9. The van der Waals surface area contributed by atoms with Gasteiger partial charge >= 0.3 is 0 Å². The van der Waals surface area contributed by atoms with Gasteiger partial charge in [-0.15, -0.1) is 0 Å². The fourth-order valence-corrected chi connectivity index (χ4v) is 3.37. The first kappa shape index (κ1) is 20.7. The van der Waals surface area contributed by atoms with Gasteiger partial charge in [-0.25, -0.2) is 0 Å². The number of nitrogens with one attached hydrogen (secondary N) is 1. The van der Waals surface area contributed by atoms with E-state index in [0.717, 1.165) is 17.2 Å². The molecule has 2 aromatic rings. The van der Waals surface area contributed by atoms with Crippen molar-refractivity contribution < 1.29 is 19.1 Å². The number of hydrogen-bond donors (Lipinski definition) is 1. The standard InChI is InChI=1S/C23H28N2O4/c1-2-28-21-10-8-19(9-11-21)24-23(27)18-12-15-25(16-13-18)22(26)14-17-29-20-6-4-3-5-7-20/h3-11,18H,2,12-17H2,1H3,(H,24,27). The van der Waals surface area contributed by atoms with Crippen LogP contribution in [0.2, 0.25) is 0 Å². The lowest BCUT2D eigenvalue weighted by atomic mass is 9.95. The van der Waals surface area contributed by atoms with Crippen LogP contribution in [0.15, 0.2) is 54.6 Å². The minimum Gasteiger partial charge on any atom is -0.494 e. The highest BCUT2D eigenvalue weighted by Crippen LogP contribution is 2.21. The zero-order chi connectivity index (χ0) is 20.5. The van der Waals surface area contributed by atoms with Gasteiger partial charge in [0.25, 0.3) is 0 Å². The summed E-state index contributed by atoms with van der Waals surface area (Å²) in [5.74, 6) is 1.56. The van der Waals surface area contributed by atoms with Gasteiger partial charge < -0.3 is 19.7 Å². The Morgan fingerprint density at radius 3 is 2.28 bits per heavy atom. The first-order chi connectivity index (χ1) is 14.2. The third-order valence-corrected chi connectivity index (χ3v) is 4.98. The summed E-state index contributed by atoms with van der Waals surface area (Å²) in [5, 5.41) is 2.96. The van der Waals surface area contributed by atoms with Crippen LogP contribution in [0.3, 0.4) is 0 Å². The van der Waals surface area contributed by atoms with Crippen LogP contribution in [0, 0.1) is 5.92 Å². The summed E-state index contributed by atoms with van der Waals surface area (Å²) in [6.45, 7) is 4.11. The molecule has 154 valence electrons. The Morgan fingerprint density at radius 2 is 1.62 bits per heavy atom. The first-order valence-corrected chi connectivity index (χ1v) is 10.1. The normalized spacial score (nSPS) is 14.3. The summed E-state index contributed by atoms with van der Waals surface area (Å²) in [6.07, 6.45) is 1.69. The molecular formula is C23H28N2O4. The molecule has 0 bridgehead atoms. The lowest BCUT2D eigenvalue weighted by Crippen LogP contribution is -2.41. The molecule has 0 saturated carbocycles. The molecule has 6 heteroatoms. The second-order valence-electron chi connectivity index (χ2n) is 7.01. The van der Waals surface area contributed by atoms with E-state index in [1.165, 1.54) is 0 Å². The van der Waals surface area contributed by atoms with Crippen molar-refractivity contribution in [2.45, 2.75) is 26.2 Å². The number of piperidine rings is 1. The number of carbonyl (C=O) groups excluding carboxylic acids is 2. The van der Waals surface area contributed by atoms with E-state index in [9.17, 15) is 9.59 Å². The number of benzene rings is 2. The van der Waals surface area contributed by atoms with Crippen molar-refractivity contribution in [3.8, 4) is 11.5 Å². The van der Waals surface area contributed by atoms with Crippen LogP contribution < -0.4 is 14.8 Å². The number of hydrogen-bond acceptors (Lipinski definition) is 4. The Labute approximate surface area is 171 Å². The van der Waals surface area contributed by atoms with E-state index in [0.29, 0.717) is 45.6 Å². The molecule has 1 fully saturated rings. The van der Waals surface area contributed by atoms with E-state index >= 15 is 0 Å². The Bertz CT molecular complexity index is 784. The van der Waals surface area contributed by atoms with Crippen molar-refractivity contribution in [3.63, 3.8) is 0 Å². The van der Waals surface area contributed by atoms with Gasteiger partial charge in [0.2, 0.25) is 11.8 Å². The topological polar surface area (TPSA) is 67.9 Å². The second-order valence-corrected chi connectivity index (χ2v) is 7.01. The van der Waals surface area contributed by atoms with Gasteiger partial charge in [-0.1, -0.05) is 18.2 Å². The first-order valence-electron chi connectivity index (χ1n) is 10.1. The molecule has 2 amide bonds. The molecule has 6 nitrogen and oxygen atoms in total. The van der Waals surface area contributed by atoms with Gasteiger partial charge in [0.1, 0.15) is 11.5 Å². The number of rotatable bonds is 8. The van der Waals surface area contributed by atoms with Gasteiger partial charge in [-0.05, 0) is 56.2 Å². The predicted molar refractivity (Wildman–Crippen MR) is 112 cm³/mol. The van der Waals surface area contributed by atoms with Gasteiger partial charge in [0.15, 0.2) is 0 Å². The Morgan fingerprint density at radius 1 is 0.966 bits per heavy atom. The van der Waals surface area contributed by atoms with Gasteiger partial charge in [0, 0.05) is 24.7 Å². The lowest BCUT2D eigenvalue weighted by Gasteiger charge is -2.31. The van der Waals surface area contributed by atoms with E-state index in [-0.39, 0.29) is 17.7 Å². The molecule has 0 spiro atoms. The van der Waals surface area contributed by atoms with E-state index in [2.05, 4.69) is 5.32 Å². The largest absolute Gasteiger partial charge is 0.494 e. The van der Waals surface area contributed by atoms with Crippen molar-refractivity contribution in [1.82, 2.24) is 4.90 Å². The summed E-state index contributed by atoms with van der Waals surface area (Å²) >= 11 is 0. The maximum Gasteiger partial charge on any atom is 0.227 e. The zero-order valence-electron chi connectivity index (χ0n) is 16.8. The van der Waals surface area contributed by atoms with Crippen molar-refractivity contribution in [2.24, 2.45) is 5.92 Å². The van der Waals surface area contributed by atoms with E-state index in [1.54, 1.807) is 0 Å². The minimum atomic E-state index is -0.0776. The molecule has 1 aliphatic heterocycles. The average Bonchev–Trinajstić information content (AvgIpc) is 2.76. The van der Waals surface area contributed by atoms with Crippen molar-refractivity contribution in [1.29, 1.82) is 0 Å². The molecule has 3 rings (SSSR count). The minimum absolute atomic E-state index is 0.00803. The maximum absolute atomic E-state index is 12.5. The fraction of sp³-hybridized carbons (Fsp3) is 0.391.